The first-order valence-electron chi connectivity index (χ1n) is 5.31. The summed E-state index contributed by atoms with van der Waals surface area (Å²) in [5.41, 5.74) is 0.749. The van der Waals surface area contributed by atoms with Gasteiger partial charge in [-0.15, -0.1) is 0 Å². The molecule has 98 valence electrons. The largest absolute Gasteiger partial charge is 0.493 e. The number of rotatable bonds is 4. The van der Waals surface area contributed by atoms with Gasteiger partial charge in [0.1, 0.15) is 11.4 Å². The lowest BCUT2D eigenvalue weighted by Crippen LogP contribution is -1.99. The van der Waals surface area contributed by atoms with Crippen LogP contribution < -0.4 is 0 Å². The van der Waals surface area contributed by atoms with Gasteiger partial charge in [0.2, 0.25) is 5.88 Å². The van der Waals surface area contributed by atoms with Crippen molar-refractivity contribution in [1.82, 2.24) is 4.57 Å². The summed E-state index contributed by atoms with van der Waals surface area (Å²) in [7, 11) is 0. The van der Waals surface area contributed by atoms with Crippen molar-refractivity contribution in [1.29, 1.82) is 0 Å². The zero-order valence-corrected chi connectivity index (χ0v) is 11.3. The number of aliphatic imine (C=N–C) groups is 1. The second-order valence-corrected chi connectivity index (χ2v) is 5.27. The van der Waals surface area contributed by atoms with Crippen molar-refractivity contribution in [3.8, 4) is 11.6 Å². The molecule has 0 unspecified atom stereocenters. The van der Waals surface area contributed by atoms with Gasteiger partial charge in [-0.25, -0.2) is 0 Å². The van der Waals surface area contributed by atoms with Gasteiger partial charge >= 0.3 is 5.97 Å². The number of carboxylic acid groups (broad SMARTS) is 1. The molecule has 0 amide bonds. The predicted octanol–water partition coefficient (Wildman–Crippen LogP) is 2.48. The van der Waals surface area contributed by atoms with Crippen molar-refractivity contribution in [3.63, 3.8) is 0 Å². The van der Waals surface area contributed by atoms with Gasteiger partial charge in [-0.1, -0.05) is 29.5 Å². The Morgan fingerprint density at radius 2 is 2.11 bits per heavy atom. The fourth-order valence-corrected chi connectivity index (χ4v) is 2.72. The lowest BCUT2D eigenvalue weighted by Gasteiger charge is -2.03. The fourth-order valence-electron chi connectivity index (χ4n) is 1.48. The molecule has 0 spiro atoms. The zero-order chi connectivity index (χ0) is 13.8. The van der Waals surface area contributed by atoms with Crippen LogP contribution in [0.4, 0.5) is 0 Å². The Bertz CT molecular complexity index is 674. The van der Waals surface area contributed by atoms with Crippen LogP contribution in [-0.2, 0) is 4.79 Å². The standard InChI is InChI=1S/C12H10N2O3S2/c15-10(16)7-13-6-9-11(17)14(12(18)19-9)8-4-2-1-3-5-8/h1-6,17H,7H2,(H,15,16). The number of benzene rings is 1. The molecule has 5 nitrogen and oxygen atoms in total. The highest BCUT2D eigenvalue weighted by Gasteiger charge is 2.11. The van der Waals surface area contributed by atoms with Crippen molar-refractivity contribution in [3.05, 3.63) is 39.2 Å². The maximum Gasteiger partial charge on any atom is 0.325 e. The third-order valence-electron chi connectivity index (χ3n) is 2.26. The summed E-state index contributed by atoms with van der Waals surface area (Å²) in [6, 6.07) is 9.19. The average molecular weight is 294 g/mol. The van der Waals surface area contributed by atoms with Crippen LogP contribution in [0, 0.1) is 3.95 Å². The molecule has 0 aliphatic rings. The van der Waals surface area contributed by atoms with Crippen LogP contribution in [0.25, 0.3) is 5.69 Å². The van der Waals surface area contributed by atoms with Gasteiger partial charge in [-0.3, -0.25) is 14.4 Å². The molecule has 1 aromatic carbocycles. The normalized spacial score (nSPS) is 10.9. The van der Waals surface area contributed by atoms with E-state index >= 15 is 0 Å². The van der Waals surface area contributed by atoms with Crippen LogP contribution in [0.1, 0.15) is 4.88 Å². The van der Waals surface area contributed by atoms with E-state index < -0.39 is 5.97 Å². The van der Waals surface area contributed by atoms with E-state index in [-0.39, 0.29) is 12.4 Å². The predicted molar refractivity (Wildman–Crippen MR) is 76.2 cm³/mol. The van der Waals surface area contributed by atoms with E-state index in [9.17, 15) is 9.90 Å². The van der Waals surface area contributed by atoms with Gasteiger partial charge in [0.15, 0.2) is 3.95 Å². The number of carbonyl (C=O) groups is 1. The number of thiazole rings is 1. The molecule has 0 radical (unpaired) electrons. The van der Waals surface area contributed by atoms with E-state index in [1.807, 2.05) is 30.3 Å². The lowest BCUT2D eigenvalue weighted by molar-refractivity contribution is -0.135. The van der Waals surface area contributed by atoms with Crippen LogP contribution in [0.15, 0.2) is 35.3 Å². The SMILES string of the molecule is O=C(O)CN=Cc1sc(=S)n(-c2ccccc2)c1O. The number of aromatic nitrogens is 1. The van der Waals surface area contributed by atoms with Crippen molar-refractivity contribution in [2.75, 3.05) is 6.54 Å². The van der Waals surface area contributed by atoms with E-state index in [0.717, 1.165) is 5.69 Å². The molecule has 0 aliphatic heterocycles. The maximum atomic E-state index is 10.4. The summed E-state index contributed by atoms with van der Waals surface area (Å²) in [5, 5.41) is 18.6. The van der Waals surface area contributed by atoms with Crippen LogP contribution in [0.2, 0.25) is 0 Å². The van der Waals surface area contributed by atoms with Crippen LogP contribution in [-0.4, -0.2) is 33.5 Å². The minimum absolute atomic E-state index is 0.0321. The molecule has 0 fully saturated rings. The molecule has 2 rings (SSSR count). The molecule has 0 saturated heterocycles. The summed E-state index contributed by atoms with van der Waals surface area (Å²) < 4.78 is 1.99. The number of aromatic hydroxyl groups is 1. The Labute approximate surface area is 118 Å². The minimum atomic E-state index is -1.03. The third-order valence-corrected chi connectivity index (χ3v) is 3.56. The molecule has 0 aliphatic carbocycles. The number of nitrogens with zero attached hydrogens (tertiary/aromatic N) is 2. The maximum absolute atomic E-state index is 10.4. The number of para-hydroxylation sites is 1. The molecule has 1 heterocycles. The molecule has 0 saturated carbocycles. The molecular formula is C12H10N2O3S2. The van der Waals surface area contributed by atoms with Gasteiger partial charge < -0.3 is 10.2 Å². The molecule has 0 atom stereocenters. The summed E-state index contributed by atoms with van der Waals surface area (Å²) in [6.07, 6.45) is 1.32. The van der Waals surface area contributed by atoms with Crippen molar-refractivity contribution in [2.45, 2.75) is 0 Å². The monoisotopic (exact) mass is 294 g/mol. The van der Waals surface area contributed by atoms with Crippen LogP contribution >= 0.6 is 23.6 Å². The number of hydrogen-bond acceptors (Lipinski definition) is 5. The van der Waals surface area contributed by atoms with Crippen molar-refractivity contribution < 1.29 is 15.0 Å². The molecule has 19 heavy (non-hydrogen) atoms. The van der Waals surface area contributed by atoms with Gasteiger partial charge in [0, 0.05) is 6.21 Å². The molecule has 7 heteroatoms. The van der Waals surface area contributed by atoms with Gasteiger partial charge in [-0.2, -0.15) is 0 Å². The Morgan fingerprint density at radius 1 is 1.42 bits per heavy atom. The first kappa shape index (κ1) is 13.4. The highest BCUT2D eigenvalue weighted by atomic mass is 32.1. The Kier molecular flexibility index (Phi) is 4.08. The lowest BCUT2D eigenvalue weighted by atomic mass is 10.3. The summed E-state index contributed by atoms with van der Waals surface area (Å²) in [5.74, 6) is -1.06. The number of hydrogen-bond donors (Lipinski definition) is 2. The second kappa shape index (κ2) is 5.77. The fraction of sp³-hybridized carbons (Fsp3) is 0.0833. The topological polar surface area (TPSA) is 74.8 Å². The summed E-state index contributed by atoms with van der Waals surface area (Å²) >= 11 is 6.36. The minimum Gasteiger partial charge on any atom is -0.493 e. The van der Waals surface area contributed by atoms with E-state index in [2.05, 4.69) is 4.99 Å². The summed E-state index contributed by atoms with van der Waals surface area (Å²) in [4.78, 5) is 14.5. The van der Waals surface area contributed by atoms with E-state index in [4.69, 9.17) is 17.3 Å². The van der Waals surface area contributed by atoms with Gasteiger partial charge in [-0.05, 0) is 24.4 Å². The van der Waals surface area contributed by atoms with E-state index in [1.54, 1.807) is 0 Å². The number of aliphatic carboxylic acids is 1. The Morgan fingerprint density at radius 3 is 2.74 bits per heavy atom. The quantitative estimate of drug-likeness (QED) is 0.671. The van der Waals surface area contributed by atoms with Crippen LogP contribution in [0.3, 0.4) is 0 Å². The van der Waals surface area contributed by atoms with Gasteiger partial charge in [0.25, 0.3) is 0 Å². The smallest absolute Gasteiger partial charge is 0.325 e. The molecule has 0 bridgehead atoms. The number of carboxylic acids is 1. The highest BCUT2D eigenvalue weighted by molar-refractivity contribution is 7.73. The van der Waals surface area contributed by atoms with Crippen LogP contribution in [0.5, 0.6) is 5.88 Å². The first-order valence-corrected chi connectivity index (χ1v) is 6.54. The molecule has 2 N–H and O–H groups in total. The second-order valence-electron chi connectivity index (χ2n) is 3.59. The molecule has 1 aromatic heterocycles. The Balaban J connectivity index is 2.38. The van der Waals surface area contributed by atoms with Crippen molar-refractivity contribution in [2.24, 2.45) is 4.99 Å². The summed E-state index contributed by atoms with van der Waals surface area (Å²) in [6.45, 7) is -0.338. The first-order chi connectivity index (χ1) is 9.09. The van der Waals surface area contributed by atoms with Gasteiger partial charge in [0.05, 0.1) is 5.69 Å². The van der Waals surface area contributed by atoms with E-state index in [1.165, 1.54) is 22.1 Å². The Hall–Kier alpha value is -1.99. The van der Waals surface area contributed by atoms with Crippen molar-refractivity contribution >= 4 is 35.7 Å². The third kappa shape index (κ3) is 3.07. The highest BCUT2D eigenvalue weighted by Crippen LogP contribution is 2.27. The molecular weight excluding hydrogens is 284 g/mol. The van der Waals surface area contributed by atoms with E-state index in [0.29, 0.717) is 8.83 Å². The average Bonchev–Trinajstić information content (AvgIpc) is 2.65. The zero-order valence-electron chi connectivity index (χ0n) is 9.68. The molecule has 2 aromatic rings.